The second-order valence-corrected chi connectivity index (χ2v) is 11.0. The van der Waals surface area contributed by atoms with Crippen LogP contribution in [0.15, 0.2) is 24.8 Å². The van der Waals surface area contributed by atoms with E-state index < -0.39 is 23.3 Å². The molecule has 5 rings (SSSR count). The molecule has 2 aromatic carbocycles. The zero-order valence-electron chi connectivity index (χ0n) is 21.2. The summed E-state index contributed by atoms with van der Waals surface area (Å²) < 4.78 is 66.8. The van der Waals surface area contributed by atoms with Crippen LogP contribution in [0.5, 0.6) is 0 Å². The minimum atomic E-state index is -1.07. The first-order valence-electron chi connectivity index (χ1n) is 13.7. The molecule has 5 heteroatoms. The molecule has 2 fully saturated rings. The number of unbranched alkanes of at least 4 members (excludes halogenated alkanes) is 2. The Hall–Kier alpha value is -2.14. The molecule has 2 aromatic rings. The minimum absolute atomic E-state index is 0.111. The number of benzene rings is 2. The molecule has 2 unspecified atom stereocenters. The fraction of sp³-hybridized carbons (Fsp3) is 0.548. The molecule has 0 N–H and O–H groups in total. The lowest BCUT2D eigenvalue weighted by Crippen LogP contribution is -2.33. The van der Waals surface area contributed by atoms with E-state index in [-0.39, 0.29) is 29.6 Å². The van der Waals surface area contributed by atoms with Crippen LogP contribution in [0.2, 0.25) is 0 Å². The van der Waals surface area contributed by atoms with Gasteiger partial charge in [-0.3, -0.25) is 0 Å². The number of halogens is 4. The van der Waals surface area contributed by atoms with Crippen LogP contribution >= 0.6 is 0 Å². The lowest BCUT2D eigenvalue weighted by Gasteiger charge is -2.37. The monoisotopic (exact) mass is 500 g/mol. The molecule has 2 atom stereocenters. The van der Waals surface area contributed by atoms with Crippen molar-refractivity contribution in [1.82, 2.24) is 0 Å². The number of ether oxygens (including phenoxy) is 1. The van der Waals surface area contributed by atoms with E-state index in [9.17, 15) is 4.39 Å². The molecule has 1 saturated heterocycles. The quantitative estimate of drug-likeness (QED) is 0.179. The third-order valence-corrected chi connectivity index (χ3v) is 8.79. The molecule has 0 aromatic heterocycles. The number of rotatable bonds is 7. The van der Waals surface area contributed by atoms with Gasteiger partial charge < -0.3 is 4.74 Å². The summed E-state index contributed by atoms with van der Waals surface area (Å²) in [6, 6.07) is 3.32. The van der Waals surface area contributed by atoms with Crippen molar-refractivity contribution in [2.75, 3.05) is 6.61 Å². The van der Waals surface area contributed by atoms with Crippen molar-refractivity contribution in [3.63, 3.8) is 0 Å². The molecule has 1 saturated carbocycles. The number of fused-ring (bicyclic) bond motifs is 3. The van der Waals surface area contributed by atoms with Gasteiger partial charge in [-0.25, -0.2) is 17.6 Å². The predicted molar refractivity (Wildman–Crippen MR) is 135 cm³/mol. The first-order chi connectivity index (χ1) is 17.4. The molecule has 0 radical (unpaired) electrons. The standard InChI is InChI=1S/C31H36F4O/c1-3-5-6-7-20-14-22-15-23-16-24(29(33)31(35)27(23)26(22)30(34)28(20)32)21-12-13-25(36-17-21)19-10-8-18(4-2)9-11-19/h4,14,16,18-19,21,25H,2-3,5-13,15,17H2,1H3. The number of allylic oxidation sites excluding steroid dienone is 1. The van der Waals surface area contributed by atoms with Gasteiger partial charge in [-0.1, -0.05) is 38.0 Å². The third kappa shape index (κ3) is 4.64. The summed E-state index contributed by atoms with van der Waals surface area (Å²) >= 11 is 0. The van der Waals surface area contributed by atoms with Crippen LogP contribution in [0.25, 0.3) is 11.1 Å². The zero-order chi connectivity index (χ0) is 25.4. The molecular formula is C31H36F4O. The maximum Gasteiger partial charge on any atom is 0.167 e. The molecular weight excluding hydrogens is 464 g/mol. The van der Waals surface area contributed by atoms with E-state index in [4.69, 9.17) is 4.74 Å². The van der Waals surface area contributed by atoms with Crippen LogP contribution in [-0.4, -0.2) is 12.7 Å². The predicted octanol–water partition coefficient (Wildman–Crippen LogP) is 8.80. The molecule has 36 heavy (non-hydrogen) atoms. The summed E-state index contributed by atoms with van der Waals surface area (Å²) in [5, 5.41) is 0. The smallest absolute Gasteiger partial charge is 0.167 e. The van der Waals surface area contributed by atoms with E-state index in [1.54, 1.807) is 12.1 Å². The number of hydrogen-bond donors (Lipinski definition) is 0. The van der Waals surface area contributed by atoms with Crippen molar-refractivity contribution in [2.24, 2.45) is 11.8 Å². The highest BCUT2D eigenvalue weighted by Gasteiger charge is 2.36. The van der Waals surface area contributed by atoms with Crippen LogP contribution in [0, 0.1) is 35.1 Å². The van der Waals surface area contributed by atoms with Crippen molar-refractivity contribution in [2.45, 2.75) is 89.6 Å². The number of aryl methyl sites for hydroxylation is 1. The van der Waals surface area contributed by atoms with Gasteiger partial charge in [-0.2, -0.15) is 0 Å². The van der Waals surface area contributed by atoms with Gasteiger partial charge in [0.1, 0.15) is 0 Å². The molecule has 3 aliphatic rings. The molecule has 1 aliphatic heterocycles. The minimum Gasteiger partial charge on any atom is -0.377 e. The normalized spacial score (nSPS) is 25.5. The maximum atomic E-state index is 15.4. The average Bonchev–Trinajstić information content (AvgIpc) is 3.28. The Balaban J connectivity index is 1.34. The second kappa shape index (κ2) is 10.7. The number of hydrogen-bond acceptors (Lipinski definition) is 1. The molecule has 1 heterocycles. The molecule has 0 amide bonds. The zero-order valence-corrected chi connectivity index (χ0v) is 21.2. The maximum absolute atomic E-state index is 15.4. The van der Waals surface area contributed by atoms with E-state index in [1.165, 1.54) is 0 Å². The highest BCUT2D eigenvalue weighted by Crippen LogP contribution is 2.46. The van der Waals surface area contributed by atoms with Crippen molar-refractivity contribution in [3.8, 4) is 11.1 Å². The van der Waals surface area contributed by atoms with E-state index in [0.717, 1.165) is 57.8 Å². The molecule has 2 aliphatic carbocycles. The van der Waals surface area contributed by atoms with Crippen LogP contribution in [0.1, 0.15) is 92.9 Å². The Morgan fingerprint density at radius 2 is 1.56 bits per heavy atom. The fourth-order valence-electron chi connectivity index (χ4n) is 6.65. The Morgan fingerprint density at radius 1 is 0.861 bits per heavy atom. The highest BCUT2D eigenvalue weighted by atomic mass is 19.2. The molecule has 0 spiro atoms. The van der Waals surface area contributed by atoms with E-state index in [2.05, 4.69) is 13.5 Å². The van der Waals surface area contributed by atoms with Gasteiger partial charge >= 0.3 is 0 Å². The fourth-order valence-corrected chi connectivity index (χ4v) is 6.65. The largest absolute Gasteiger partial charge is 0.377 e. The molecule has 1 nitrogen and oxygen atoms in total. The summed E-state index contributed by atoms with van der Waals surface area (Å²) in [5.74, 6) is -3.14. The summed E-state index contributed by atoms with van der Waals surface area (Å²) in [6.07, 6.45) is 11.7. The van der Waals surface area contributed by atoms with Crippen molar-refractivity contribution in [1.29, 1.82) is 0 Å². The van der Waals surface area contributed by atoms with Crippen LogP contribution < -0.4 is 0 Å². The van der Waals surface area contributed by atoms with E-state index in [0.29, 0.717) is 47.1 Å². The SMILES string of the molecule is C=CC1CCC(C2CCC(c3cc4c(c(F)c3F)-c3c(cc(CCCCC)c(F)c3F)C4)CO2)CC1. The Labute approximate surface area is 211 Å². The van der Waals surface area contributed by atoms with Gasteiger partial charge in [0.05, 0.1) is 12.7 Å². The van der Waals surface area contributed by atoms with Crippen LogP contribution in [0.3, 0.4) is 0 Å². The lowest BCUT2D eigenvalue weighted by atomic mass is 9.76. The first kappa shape index (κ1) is 25.5. The van der Waals surface area contributed by atoms with Crippen LogP contribution in [-0.2, 0) is 17.6 Å². The Bertz CT molecular complexity index is 1120. The van der Waals surface area contributed by atoms with Crippen molar-refractivity contribution < 1.29 is 22.3 Å². The summed E-state index contributed by atoms with van der Waals surface area (Å²) in [5.41, 5.74) is 1.48. The lowest BCUT2D eigenvalue weighted by molar-refractivity contribution is -0.0424. The van der Waals surface area contributed by atoms with Crippen molar-refractivity contribution in [3.05, 3.63) is 70.3 Å². The first-order valence-corrected chi connectivity index (χ1v) is 13.7. The topological polar surface area (TPSA) is 9.23 Å². The average molecular weight is 501 g/mol. The van der Waals surface area contributed by atoms with Gasteiger partial charge in [0, 0.05) is 17.0 Å². The summed E-state index contributed by atoms with van der Waals surface area (Å²) in [4.78, 5) is 0. The van der Waals surface area contributed by atoms with Crippen LogP contribution in [0.4, 0.5) is 17.6 Å². The second-order valence-electron chi connectivity index (χ2n) is 11.0. The molecule has 0 bridgehead atoms. The van der Waals surface area contributed by atoms with Gasteiger partial charge in [-0.05, 0) is 91.9 Å². The van der Waals surface area contributed by atoms with E-state index >= 15 is 13.2 Å². The van der Waals surface area contributed by atoms with Gasteiger partial charge in [-0.15, -0.1) is 6.58 Å². The Morgan fingerprint density at radius 3 is 2.19 bits per heavy atom. The summed E-state index contributed by atoms with van der Waals surface area (Å²) in [7, 11) is 0. The Kier molecular flexibility index (Phi) is 7.57. The summed E-state index contributed by atoms with van der Waals surface area (Å²) in [6.45, 7) is 6.32. The van der Waals surface area contributed by atoms with Gasteiger partial charge in [0.15, 0.2) is 23.3 Å². The third-order valence-electron chi connectivity index (χ3n) is 8.79. The van der Waals surface area contributed by atoms with Gasteiger partial charge in [0.2, 0.25) is 0 Å². The van der Waals surface area contributed by atoms with Crippen molar-refractivity contribution >= 4 is 0 Å². The van der Waals surface area contributed by atoms with Gasteiger partial charge in [0.25, 0.3) is 0 Å². The molecule has 194 valence electrons. The van der Waals surface area contributed by atoms with E-state index in [1.807, 2.05) is 6.08 Å². The highest BCUT2D eigenvalue weighted by molar-refractivity contribution is 5.79.